The normalized spacial score (nSPS) is 13.7. The molecule has 0 bridgehead atoms. The average molecular weight is 243 g/mol. The van der Waals surface area contributed by atoms with E-state index >= 15 is 0 Å². The molecule has 0 unspecified atom stereocenters. The molecule has 2 aromatic heterocycles. The Morgan fingerprint density at radius 2 is 2.11 bits per heavy atom. The molecule has 0 saturated carbocycles. The number of aromatic nitrogens is 2. The van der Waals surface area contributed by atoms with Gasteiger partial charge < -0.3 is 9.73 Å². The van der Waals surface area contributed by atoms with Crippen molar-refractivity contribution >= 4 is 5.82 Å². The van der Waals surface area contributed by atoms with Gasteiger partial charge in [0, 0.05) is 5.69 Å². The van der Waals surface area contributed by atoms with Gasteiger partial charge in [-0.25, -0.2) is 9.97 Å². The summed E-state index contributed by atoms with van der Waals surface area (Å²) in [7, 11) is 0. The van der Waals surface area contributed by atoms with Gasteiger partial charge >= 0.3 is 0 Å². The van der Waals surface area contributed by atoms with Crippen LogP contribution in [0.25, 0.3) is 0 Å². The minimum atomic E-state index is 0.584. The lowest BCUT2D eigenvalue weighted by Gasteiger charge is -2.05. The van der Waals surface area contributed by atoms with Crippen LogP contribution in [0.2, 0.25) is 0 Å². The smallest absolute Gasteiger partial charge is 0.213 e. The highest BCUT2D eigenvalue weighted by atomic mass is 16.4. The van der Waals surface area contributed by atoms with Crippen LogP contribution < -0.4 is 5.32 Å². The van der Waals surface area contributed by atoms with Gasteiger partial charge in [0.25, 0.3) is 0 Å². The lowest BCUT2D eigenvalue weighted by atomic mass is 10.2. The summed E-state index contributed by atoms with van der Waals surface area (Å²) < 4.78 is 5.53. The van der Waals surface area contributed by atoms with Crippen molar-refractivity contribution in [2.45, 2.75) is 39.7 Å². The Labute approximate surface area is 106 Å². The van der Waals surface area contributed by atoms with Gasteiger partial charge in [-0.05, 0) is 44.7 Å². The van der Waals surface area contributed by atoms with Gasteiger partial charge in [-0.2, -0.15) is 0 Å². The second kappa shape index (κ2) is 4.44. The molecule has 18 heavy (non-hydrogen) atoms. The van der Waals surface area contributed by atoms with E-state index < -0.39 is 0 Å². The molecule has 0 aromatic carbocycles. The van der Waals surface area contributed by atoms with Crippen LogP contribution in [0.3, 0.4) is 0 Å². The molecular weight excluding hydrogens is 226 g/mol. The Balaban J connectivity index is 1.70. The summed E-state index contributed by atoms with van der Waals surface area (Å²) in [5, 5.41) is 3.26. The number of oxazole rings is 1. The van der Waals surface area contributed by atoms with E-state index in [0.717, 1.165) is 23.7 Å². The van der Waals surface area contributed by atoms with Crippen molar-refractivity contribution in [3.63, 3.8) is 0 Å². The van der Waals surface area contributed by atoms with Crippen molar-refractivity contribution in [2.24, 2.45) is 0 Å². The lowest BCUT2D eigenvalue weighted by Crippen LogP contribution is -2.03. The molecule has 1 aliphatic carbocycles. The number of anilines is 1. The molecule has 0 atom stereocenters. The predicted octanol–water partition coefficient (Wildman–Crippen LogP) is 2.79. The third-order valence-electron chi connectivity index (χ3n) is 3.42. The molecule has 0 radical (unpaired) electrons. The number of nitrogens with one attached hydrogen (secondary N) is 1. The number of rotatable bonds is 3. The van der Waals surface area contributed by atoms with Gasteiger partial charge in [-0.3, -0.25) is 0 Å². The third-order valence-corrected chi connectivity index (χ3v) is 3.42. The largest absolute Gasteiger partial charge is 0.444 e. The van der Waals surface area contributed by atoms with Crippen molar-refractivity contribution in [3.8, 4) is 0 Å². The van der Waals surface area contributed by atoms with E-state index in [1.54, 1.807) is 0 Å². The molecule has 3 rings (SSSR count). The highest BCUT2D eigenvalue weighted by Gasteiger charge is 2.12. The van der Waals surface area contributed by atoms with Crippen LogP contribution in [0, 0.1) is 13.8 Å². The molecule has 1 N–H and O–H groups in total. The van der Waals surface area contributed by atoms with E-state index in [1.807, 2.05) is 19.9 Å². The fourth-order valence-electron chi connectivity index (χ4n) is 2.30. The third kappa shape index (κ3) is 2.10. The molecule has 0 amide bonds. The maximum atomic E-state index is 5.53. The van der Waals surface area contributed by atoms with E-state index in [0.29, 0.717) is 12.4 Å². The van der Waals surface area contributed by atoms with E-state index in [1.165, 1.54) is 24.1 Å². The summed E-state index contributed by atoms with van der Waals surface area (Å²) in [6.45, 7) is 4.47. The Morgan fingerprint density at radius 3 is 2.89 bits per heavy atom. The average Bonchev–Trinajstić information content (AvgIpc) is 2.94. The number of pyridine rings is 1. The highest BCUT2D eigenvalue weighted by Crippen LogP contribution is 2.21. The second-order valence-electron chi connectivity index (χ2n) is 4.76. The zero-order valence-corrected chi connectivity index (χ0v) is 10.8. The van der Waals surface area contributed by atoms with Gasteiger partial charge in [0.1, 0.15) is 11.6 Å². The first-order valence-corrected chi connectivity index (χ1v) is 6.38. The fraction of sp³-hybridized carbons (Fsp3) is 0.429. The molecule has 0 fully saturated rings. The maximum absolute atomic E-state index is 5.53. The fourth-order valence-corrected chi connectivity index (χ4v) is 2.30. The second-order valence-corrected chi connectivity index (χ2v) is 4.76. The van der Waals surface area contributed by atoms with Crippen molar-refractivity contribution in [3.05, 3.63) is 40.7 Å². The highest BCUT2D eigenvalue weighted by molar-refractivity contribution is 5.40. The molecular formula is C14H17N3O. The van der Waals surface area contributed by atoms with Gasteiger partial charge in [-0.15, -0.1) is 0 Å². The minimum absolute atomic E-state index is 0.584. The van der Waals surface area contributed by atoms with Gasteiger partial charge in [0.05, 0.1) is 12.2 Å². The number of nitrogens with zero attached hydrogens (tertiary/aromatic N) is 2. The first-order chi connectivity index (χ1) is 8.72. The SMILES string of the molecule is Cc1nc(CNc2ccc3c(n2)CCC3)oc1C. The summed E-state index contributed by atoms with van der Waals surface area (Å²) in [4.78, 5) is 8.96. The van der Waals surface area contributed by atoms with E-state index in [4.69, 9.17) is 4.42 Å². The monoisotopic (exact) mass is 243 g/mol. The zero-order valence-electron chi connectivity index (χ0n) is 10.8. The first-order valence-electron chi connectivity index (χ1n) is 6.38. The molecule has 2 aromatic rings. The van der Waals surface area contributed by atoms with Crippen molar-refractivity contribution in [2.75, 3.05) is 5.32 Å². The van der Waals surface area contributed by atoms with Crippen molar-refractivity contribution in [1.82, 2.24) is 9.97 Å². The van der Waals surface area contributed by atoms with Crippen molar-refractivity contribution in [1.29, 1.82) is 0 Å². The molecule has 0 aliphatic heterocycles. The quantitative estimate of drug-likeness (QED) is 0.900. The standard InChI is InChI=1S/C14H17N3O/c1-9-10(2)18-14(16-9)8-15-13-7-6-11-4-3-5-12(11)17-13/h6-7H,3-5,8H2,1-2H3,(H,15,17). The summed E-state index contributed by atoms with van der Waals surface area (Å²) in [6.07, 6.45) is 3.49. The Hall–Kier alpha value is -1.84. The van der Waals surface area contributed by atoms with Gasteiger partial charge in [0.2, 0.25) is 5.89 Å². The molecule has 0 saturated heterocycles. The zero-order chi connectivity index (χ0) is 12.5. The summed E-state index contributed by atoms with van der Waals surface area (Å²) in [6, 6.07) is 4.20. The van der Waals surface area contributed by atoms with Crippen LogP contribution in [0.4, 0.5) is 5.82 Å². The lowest BCUT2D eigenvalue weighted by molar-refractivity contribution is 0.478. The summed E-state index contributed by atoms with van der Waals surface area (Å²) in [5.41, 5.74) is 3.58. The molecule has 2 heterocycles. The number of fused-ring (bicyclic) bond motifs is 1. The first kappa shape index (κ1) is 11.3. The van der Waals surface area contributed by atoms with Crippen LogP contribution in [-0.4, -0.2) is 9.97 Å². The van der Waals surface area contributed by atoms with Crippen LogP contribution >= 0.6 is 0 Å². The van der Waals surface area contributed by atoms with E-state index in [2.05, 4.69) is 21.4 Å². The Bertz CT molecular complexity index is 555. The summed E-state index contributed by atoms with van der Waals surface area (Å²) in [5.74, 6) is 2.50. The summed E-state index contributed by atoms with van der Waals surface area (Å²) >= 11 is 0. The van der Waals surface area contributed by atoms with Gasteiger partial charge in [0.15, 0.2) is 0 Å². The Morgan fingerprint density at radius 1 is 1.22 bits per heavy atom. The predicted molar refractivity (Wildman–Crippen MR) is 69.6 cm³/mol. The Kier molecular flexibility index (Phi) is 2.78. The maximum Gasteiger partial charge on any atom is 0.213 e. The van der Waals surface area contributed by atoms with Crippen LogP contribution in [0.5, 0.6) is 0 Å². The molecule has 4 heteroatoms. The number of aryl methyl sites for hydroxylation is 4. The molecule has 1 aliphatic rings. The topological polar surface area (TPSA) is 51.0 Å². The van der Waals surface area contributed by atoms with Crippen LogP contribution in [0.1, 0.15) is 35.0 Å². The molecule has 0 spiro atoms. The van der Waals surface area contributed by atoms with Crippen LogP contribution in [-0.2, 0) is 19.4 Å². The van der Waals surface area contributed by atoms with E-state index in [9.17, 15) is 0 Å². The number of hydrogen-bond acceptors (Lipinski definition) is 4. The molecule has 94 valence electrons. The number of hydrogen-bond donors (Lipinski definition) is 1. The van der Waals surface area contributed by atoms with E-state index in [-0.39, 0.29) is 0 Å². The van der Waals surface area contributed by atoms with Gasteiger partial charge in [-0.1, -0.05) is 6.07 Å². The molecule has 4 nitrogen and oxygen atoms in total. The van der Waals surface area contributed by atoms with Crippen LogP contribution in [0.15, 0.2) is 16.5 Å². The van der Waals surface area contributed by atoms with Crippen molar-refractivity contribution < 1.29 is 4.42 Å². The minimum Gasteiger partial charge on any atom is -0.444 e.